The van der Waals surface area contributed by atoms with Gasteiger partial charge in [0.1, 0.15) is 6.26 Å². The number of hydrogen-bond donors (Lipinski definition) is 3. The zero-order valence-electron chi connectivity index (χ0n) is 20.1. The van der Waals surface area contributed by atoms with Crippen molar-refractivity contribution in [1.29, 1.82) is 0 Å². The summed E-state index contributed by atoms with van der Waals surface area (Å²) in [5.41, 5.74) is 8.79. The molecule has 33 heavy (non-hydrogen) atoms. The number of oxazole rings is 1. The second-order valence-corrected chi connectivity index (χ2v) is 9.03. The topological polar surface area (TPSA) is 96.9 Å². The van der Waals surface area contributed by atoms with E-state index in [4.69, 9.17) is 10.2 Å². The maximum Gasteiger partial charge on any atom is 0.273 e. The van der Waals surface area contributed by atoms with E-state index in [1.165, 1.54) is 64.1 Å². The van der Waals surface area contributed by atoms with Crippen LogP contribution in [0.4, 0.5) is 0 Å². The van der Waals surface area contributed by atoms with Crippen LogP contribution >= 0.6 is 0 Å². The Hall–Kier alpha value is -2.60. The number of nitrogens with one attached hydrogen (secondary N) is 2. The lowest BCUT2D eigenvalue weighted by atomic mass is 10.1. The summed E-state index contributed by atoms with van der Waals surface area (Å²) in [6, 6.07) is 7.70. The Bertz CT molecular complexity index is 962. The molecule has 3 aromatic rings. The fraction of sp³-hybridized carbons (Fsp3) is 0.556. The summed E-state index contributed by atoms with van der Waals surface area (Å²) in [5.74, 6) is 0.191. The summed E-state index contributed by atoms with van der Waals surface area (Å²) in [5, 5.41) is 4.09. The van der Waals surface area contributed by atoms with Gasteiger partial charge in [-0.25, -0.2) is 4.98 Å². The molecule has 2 heterocycles. The second-order valence-electron chi connectivity index (χ2n) is 9.03. The van der Waals surface area contributed by atoms with Gasteiger partial charge in [0.05, 0.1) is 6.04 Å². The fourth-order valence-corrected chi connectivity index (χ4v) is 4.27. The molecule has 0 spiro atoms. The zero-order valence-corrected chi connectivity index (χ0v) is 20.1. The summed E-state index contributed by atoms with van der Waals surface area (Å²) < 4.78 is 5.51. The Labute approximate surface area is 197 Å². The van der Waals surface area contributed by atoms with Crippen molar-refractivity contribution in [2.45, 2.75) is 90.0 Å². The molecule has 180 valence electrons. The van der Waals surface area contributed by atoms with E-state index in [-0.39, 0.29) is 5.91 Å². The van der Waals surface area contributed by atoms with E-state index in [1.54, 1.807) is 0 Å². The molecule has 0 bridgehead atoms. The third-order valence-electron chi connectivity index (χ3n) is 6.25. The van der Waals surface area contributed by atoms with Crippen LogP contribution in [0.3, 0.4) is 0 Å². The number of benzene rings is 1. The monoisotopic (exact) mass is 452 g/mol. The summed E-state index contributed by atoms with van der Waals surface area (Å²) in [6.07, 6.45) is 18.2. The quantitative estimate of drug-likeness (QED) is 0.218. The molecule has 0 aliphatic rings. The first-order valence-electron chi connectivity index (χ1n) is 12.7. The standard InChI is InChI=1S/C27H40N4O2/c1-2-3-4-5-6-7-8-9-10-11-14-17-29-26(32)25-20-33-27(31-25)23(28)18-21-19-30-24-16-13-12-15-22(21)24/h12-13,15-16,19-20,23,30H,2-11,14,17-18,28H2,1H3,(H,29,32). The molecule has 3 rings (SSSR count). The molecule has 0 aliphatic carbocycles. The number of hydrogen-bond acceptors (Lipinski definition) is 4. The van der Waals surface area contributed by atoms with Crippen molar-refractivity contribution < 1.29 is 9.21 Å². The smallest absolute Gasteiger partial charge is 0.273 e. The molecule has 0 saturated carbocycles. The summed E-state index contributed by atoms with van der Waals surface area (Å²) in [6.45, 7) is 2.92. The van der Waals surface area contributed by atoms with Crippen molar-refractivity contribution in [3.63, 3.8) is 0 Å². The Morgan fingerprint density at radius 1 is 1.03 bits per heavy atom. The molecule has 6 nitrogen and oxygen atoms in total. The minimum absolute atomic E-state index is 0.198. The molecule has 0 aliphatic heterocycles. The van der Waals surface area contributed by atoms with E-state index < -0.39 is 6.04 Å². The number of nitrogens with two attached hydrogens (primary N) is 1. The van der Waals surface area contributed by atoms with Gasteiger partial charge in [-0.15, -0.1) is 0 Å². The highest BCUT2D eigenvalue weighted by molar-refractivity contribution is 5.91. The number of nitrogens with zero attached hydrogens (tertiary/aromatic N) is 1. The van der Waals surface area contributed by atoms with Crippen LogP contribution < -0.4 is 11.1 Å². The summed E-state index contributed by atoms with van der Waals surface area (Å²) in [4.78, 5) is 20.0. The van der Waals surface area contributed by atoms with Gasteiger partial charge in [-0.1, -0.05) is 89.3 Å². The lowest BCUT2D eigenvalue weighted by molar-refractivity contribution is 0.0948. The van der Waals surface area contributed by atoms with Crippen molar-refractivity contribution in [3.8, 4) is 0 Å². The zero-order chi connectivity index (χ0) is 23.3. The van der Waals surface area contributed by atoms with Crippen LogP contribution in [0.5, 0.6) is 0 Å². The van der Waals surface area contributed by atoms with Crippen molar-refractivity contribution in [3.05, 3.63) is 53.9 Å². The number of aromatic amines is 1. The lowest BCUT2D eigenvalue weighted by Gasteiger charge is -2.06. The predicted octanol–water partition coefficient (Wildman–Crippen LogP) is 6.44. The molecule has 6 heteroatoms. The molecular weight excluding hydrogens is 412 g/mol. The van der Waals surface area contributed by atoms with Crippen LogP contribution in [0.1, 0.15) is 106 Å². The molecule has 4 N–H and O–H groups in total. The van der Waals surface area contributed by atoms with Gasteiger partial charge in [-0.05, 0) is 24.5 Å². The Morgan fingerprint density at radius 3 is 2.42 bits per heavy atom. The number of H-pyrrole nitrogens is 1. The first kappa shape index (κ1) is 25.0. The van der Waals surface area contributed by atoms with E-state index in [2.05, 4.69) is 28.3 Å². The average Bonchev–Trinajstić information content (AvgIpc) is 3.48. The van der Waals surface area contributed by atoms with Crippen molar-refractivity contribution in [2.24, 2.45) is 5.73 Å². The number of unbranched alkanes of at least 4 members (excludes halogenated alkanes) is 10. The highest BCUT2D eigenvalue weighted by Gasteiger charge is 2.18. The summed E-state index contributed by atoms with van der Waals surface area (Å²) in [7, 11) is 0. The van der Waals surface area contributed by atoms with E-state index in [1.807, 2.05) is 24.4 Å². The van der Waals surface area contributed by atoms with Crippen LogP contribution in [-0.2, 0) is 6.42 Å². The van der Waals surface area contributed by atoms with Gasteiger partial charge in [0.2, 0.25) is 5.89 Å². The molecule has 1 aromatic carbocycles. The molecule has 1 atom stereocenters. The first-order valence-corrected chi connectivity index (χ1v) is 12.7. The molecule has 0 fully saturated rings. The number of aromatic nitrogens is 2. The van der Waals surface area contributed by atoms with Crippen molar-refractivity contribution >= 4 is 16.8 Å². The summed E-state index contributed by atoms with van der Waals surface area (Å²) >= 11 is 0. The predicted molar refractivity (Wildman–Crippen MR) is 134 cm³/mol. The normalized spacial score (nSPS) is 12.3. The minimum atomic E-state index is -0.405. The number of rotatable bonds is 16. The van der Waals surface area contributed by atoms with Crippen LogP contribution in [0.2, 0.25) is 0 Å². The molecule has 0 radical (unpaired) electrons. The van der Waals surface area contributed by atoms with E-state index in [0.717, 1.165) is 29.3 Å². The van der Waals surface area contributed by atoms with Gasteiger partial charge in [-0.2, -0.15) is 0 Å². The third-order valence-corrected chi connectivity index (χ3v) is 6.25. The van der Waals surface area contributed by atoms with Crippen molar-refractivity contribution in [1.82, 2.24) is 15.3 Å². The second kappa shape index (κ2) is 13.8. The highest BCUT2D eigenvalue weighted by atomic mass is 16.3. The van der Waals surface area contributed by atoms with E-state index >= 15 is 0 Å². The Balaban J connectivity index is 1.30. The lowest BCUT2D eigenvalue weighted by Crippen LogP contribution is -2.25. The largest absolute Gasteiger partial charge is 0.446 e. The van der Waals surface area contributed by atoms with Gasteiger partial charge in [-0.3, -0.25) is 4.79 Å². The number of carbonyl (C=O) groups is 1. The number of para-hydroxylation sites is 1. The number of carbonyl (C=O) groups excluding carboxylic acids is 1. The Morgan fingerprint density at radius 2 is 1.70 bits per heavy atom. The van der Waals surface area contributed by atoms with Crippen molar-refractivity contribution in [2.75, 3.05) is 6.54 Å². The molecular formula is C27H40N4O2. The SMILES string of the molecule is CCCCCCCCCCCCCNC(=O)c1coc(C(N)Cc2c[nH]c3ccccc23)n1. The van der Waals surface area contributed by atoms with Gasteiger partial charge < -0.3 is 20.5 Å². The van der Waals surface area contributed by atoms with Crippen LogP contribution in [0.15, 0.2) is 41.1 Å². The molecule has 2 aromatic heterocycles. The molecule has 0 saturated heterocycles. The van der Waals surface area contributed by atoms with E-state index in [9.17, 15) is 4.79 Å². The van der Waals surface area contributed by atoms with Gasteiger partial charge in [0.25, 0.3) is 5.91 Å². The molecule has 1 amide bonds. The fourth-order valence-electron chi connectivity index (χ4n) is 4.27. The highest BCUT2D eigenvalue weighted by Crippen LogP contribution is 2.23. The molecule has 1 unspecified atom stereocenters. The first-order chi connectivity index (χ1) is 16.2. The van der Waals surface area contributed by atoms with Crippen LogP contribution in [0, 0.1) is 0 Å². The van der Waals surface area contributed by atoms with Crippen LogP contribution in [-0.4, -0.2) is 22.4 Å². The minimum Gasteiger partial charge on any atom is -0.446 e. The third kappa shape index (κ3) is 8.04. The van der Waals surface area contributed by atoms with Crippen LogP contribution in [0.25, 0.3) is 10.9 Å². The Kier molecular flexibility index (Phi) is 10.5. The number of amides is 1. The van der Waals surface area contributed by atoms with E-state index in [0.29, 0.717) is 24.6 Å². The van der Waals surface area contributed by atoms with Gasteiger partial charge >= 0.3 is 0 Å². The van der Waals surface area contributed by atoms with Gasteiger partial charge in [0.15, 0.2) is 5.69 Å². The van der Waals surface area contributed by atoms with Gasteiger partial charge in [0, 0.05) is 23.6 Å². The number of fused-ring (bicyclic) bond motifs is 1. The average molecular weight is 453 g/mol. The maximum absolute atomic E-state index is 12.4. The maximum atomic E-state index is 12.4.